The number of benzene rings is 1. The molecule has 25 heavy (non-hydrogen) atoms. The number of carbonyl (C=O) groups is 1. The van der Waals surface area contributed by atoms with E-state index in [1.54, 1.807) is 0 Å². The molecule has 1 saturated heterocycles. The highest BCUT2D eigenvalue weighted by Crippen LogP contribution is 2.32. The molecule has 0 aliphatic carbocycles. The molecule has 1 aromatic rings. The summed E-state index contributed by atoms with van der Waals surface area (Å²) in [5.74, 6) is -1.96. The molecule has 0 radical (unpaired) electrons. The third-order valence-electron chi connectivity index (χ3n) is 3.81. The minimum atomic E-state index is -3.95. The van der Waals surface area contributed by atoms with E-state index in [0.717, 1.165) is 12.5 Å². The van der Waals surface area contributed by atoms with Gasteiger partial charge >= 0.3 is 5.97 Å². The number of piperidine rings is 1. The van der Waals surface area contributed by atoms with Gasteiger partial charge in [0.05, 0.1) is 16.6 Å². The Labute approximate surface area is 161 Å². The molecule has 1 fully saturated rings. The second kappa shape index (κ2) is 9.34. The van der Waals surface area contributed by atoms with E-state index in [9.17, 15) is 17.6 Å². The van der Waals surface area contributed by atoms with Crippen LogP contribution in [0.2, 0.25) is 10.0 Å². The van der Waals surface area contributed by atoms with Crippen LogP contribution < -0.4 is 5.32 Å². The van der Waals surface area contributed by atoms with Crippen LogP contribution in [0.5, 0.6) is 0 Å². The highest BCUT2D eigenvalue weighted by Gasteiger charge is 2.32. The van der Waals surface area contributed by atoms with Crippen molar-refractivity contribution in [2.24, 2.45) is 5.92 Å². The van der Waals surface area contributed by atoms with Crippen molar-refractivity contribution < 1.29 is 22.7 Å². The van der Waals surface area contributed by atoms with Gasteiger partial charge in [0, 0.05) is 13.1 Å². The van der Waals surface area contributed by atoms with Crippen molar-refractivity contribution in [2.75, 3.05) is 26.2 Å². The Morgan fingerprint density at radius 1 is 1.40 bits per heavy atom. The summed E-state index contributed by atoms with van der Waals surface area (Å²) in [5.41, 5.74) is 0. The van der Waals surface area contributed by atoms with Crippen LogP contribution in [-0.2, 0) is 14.8 Å². The number of nitrogens with zero attached hydrogens (tertiary/aromatic N) is 1. The highest BCUT2D eigenvalue weighted by atomic mass is 35.5. The maximum atomic E-state index is 13.8. The molecule has 2 N–H and O–H groups in total. The van der Waals surface area contributed by atoms with Crippen LogP contribution in [0.1, 0.15) is 12.8 Å². The summed E-state index contributed by atoms with van der Waals surface area (Å²) in [5, 5.41) is 10.6. The largest absolute Gasteiger partial charge is 0.480 e. The Balaban J connectivity index is 0.00000312. The zero-order chi connectivity index (χ0) is 17.9. The maximum absolute atomic E-state index is 13.8. The van der Waals surface area contributed by atoms with Crippen molar-refractivity contribution in [3.8, 4) is 0 Å². The second-order valence-corrected chi connectivity index (χ2v) is 8.26. The van der Waals surface area contributed by atoms with E-state index >= 15 is 0 Å². The molecule has 2 rings (SSSR count). The fraction of sp³-hybridized carbons (Fsp3) is 0.500. The molecule has 1 aliphatic heterocycles. The minimum Gasteiger partial charge on any atom is -0.480 e. The SMILES string of the molecule is Cl.O=C(O)CNCC1CCCN(S(=O)(=O)c2ccc(Cl)c(F)c2Cl)C1. The number of nitrogens with one attached hydrogen (secondary N) is 1. The van der Waals surface area contributed by atoms with Crippen LogP contribution in [0.25, 0.3) is 0 Å². The first-order valence-corrected chi connectivity index (χ1v) is 9.49. The Bertz CT molecular complexity index is 733. The normalized spacial score (nSPS) is 18.6. The first-order valence-electron chi connectivity index (χ1n) is 7.29. The molecule has 0 aromatic heterocycles. The van der Waals surface area contributed by atoms with Gasteiger partial charge in [0.2, 0.25) is 10.0 Å². The van der Waals surface area contributed by atoms with Gasteiger partial charge in [-0.1, -0.05) is 23.2 Å². The average Bonchev–Trinajstić information content (AvgIpc) is 2.52. The topological polar surface area (TPSA) is 86.7 Å². The molecule has 142 valence electrons. The number of hydrogen-bond acceptors (Lipinski definition) is 4. The average molecular weight is 436 g/mol. The maximum Gasteiger partial charge on any atom is 0.317 e. The molecule has 11 heteroatoms. The summed E-state index contributed by atoms with van der Waals surface area (Å²) >= 11 is 11.4. The summed E-state index contributed by atoms with van der Waals surface area (Å²) in [6, 6.07) is 2.35. The quantitative estimate of drug-likeness (QED) is 0.671. The lowest BCUT2D eigenvalue weighted by molar-refractivity contribution is -0.136. The summed E-state index contributed by atoms with van der Waals surface area (Å²) < 4.78 is 40.5. The van der Waals surface area contributed by atoms with Gasteiger partial charge in [0.15, 0.2) is 5.82 Å². The smallest absolute Gasteiger partial charge is 0.317 e. The standard InChI is InChI=1S/C14H17Cl2FN2O4S.ClH/c15-10-3-4-11(13(16)14(10)17)24(22,23)19-5-1-2-9(8-19)6-18-7-12(20)21;/h3-4,9,18H,1-2,5-8H2,(H,20,21);1H. The predicted octanol–water partition coefficient (Wildman–Crippen LogP) is 2.63. The van der Waals surface area contributed by atoms with E-state index in [1.165, 1.54) is 10.4 Å². The number of rotatable bonds is 6. The predicted molar refractivity (Wildman–Crippen MR) is 95.7 cm³/mol. The van der Waals surface area contributed by atoms with Gasteiger partial charge in [-0.15, -0.1) is 12.4 Å². The first kappa shape index (κ1) is 22.4. The molecule has 1 aromatic carbocycles. The van der Waals surface area contributed by atoms with Gasteiger partial charge in [-0.2, -0.15) is 4.31 Å². The van der Waals surface area contributed by atoms with Crippen LogP contribution in [0.4, 0.5) is 4.39 Å². The Morgan fingerprint density at radius 3 is 2.72 bits per heavy atom. The van der Waals surface area contributed by atoms with E-state index < -0.39 is 26.8 Å². The minimum absolute atomic E-state index is 0. The molecule has 1 aliphatic rings. The van der Waals surface area contributed by atoms with Crippen LogP contribution in [-0.4, -0.2) is 50.0 Å². The van der Waals surface area contributed by atoms with Gasteiger partial charge in [0.25, 0.3) is 0 Å². The highest BCUT2D eigenvalue weighted by molar-refractivity contribution is 7.89. The number of hydrogen-bond donors (Lipinski definition) is 2. The molecular weight excluding hydrogens is 418 g/mol. The second-order valence-electron chi connectivity index (χ2n) is 5.57. The molecule has 0 spiro atoms. The molecule has 1 atom stereocenters. The van der Waals surface area contributed by atoms with Gasteiger partial charge in [-0.05, 0) is 37.4 Å². The fourth-order valence-corrected chi connectivity index (χ4v) is 4.92. The van der Waals surface area contributed by atoms with Gasteiger partial charge < -0.3 is 10.4 Å². The molecule has 0 bridgehead atoms. The molecule has 0 saturated carbocycles. The van der Waals surface area contributed by atoms with Crippen molar-refractivity contribution in [3.05, 3.63) is 28.0 Å². The van der Waals surface area contributed by atoms with E-state index in [0.29, 0.717) is 19.5 Å². The molecule has 1 unspecified atom stereocenters. The van der Waals surface area contributed by atoms with Gasteiger partial charge in [-0.25, -0.2) is 12.8 Å². The van der Waals surface area contributed by atoms with E-state index in [2.05, 4.69) is 5.32 Å². The fourth-order valence-electron chi connectivity index (χ4n) is 2.64. The first-order chi connectivity index (χ1) is 11.2. The van der Waals surface area contributed by atoms with Crippen LogP contribution in [0.3, 0.4) is 0 Å². The number of carboxylic acids is 1. The zero-order valence-corrected chi connectivity index (χ0v) is 16.2. The number of sulfonamides is 1. The summed E-state index contributed by atoms with van der Waals surface area (Å²) in [6.45, 7) is 0.729. The zero-order valence-electron chi connectivity index (χ0n) is 13.0. The Morgan fingerprint density at radius 2 is 2.08 bits per heavy atom. The third kappa shape index (κ3) is 5.42. The Hall–Kier alpha value is -0.640. The Kier molecular flexibility index (Phi) is 8.37. The number of aliphatic carboxylic acids is 1. The van der Waals surface area contributed by atoms with Crippen LogP contribution in [0, 0.1) is 11.7 Å². The lowest BCUT2D eigenvalue weighted by Gasteiger charge is -2.32. The van der Waals surface area contributed by atoms with Crippen molar-refractivity contribution >= 4 is 51.6 Å². The monoisotopic (exact) mass is 434 g/mol. The number of carboxylic acid groups (broad SMARTS) is 1. The van der Waals surface area contributed by atoms with Crippen molar-refractivity contribution in [2.45, 2.75) is 17.7 Å². The molecule has 6 nitrogen and oxygen atoms in total. The van der Waals surface area contributed by atoms with Crippen molar-refractivity contribution in [3.63, 3.8) is 0 Å². The molecule has 0 amide bonds. The lowest BCUT2D eigenvalue weighted by Crippen LogP contribution is -2.43. The van der Waals surface area contributed by atoms with Gasteiger partial charge in [-0.3, -0.25) is 4.79 Å². The molecule has 1 heterocycles. The summed E-state index contributed by atoms with van der Waals surface area (Å²) in [7, 11) is -3.95. The van der Waals surface area contributed by atoms with Gasteiger partial charge in [0.1, 0.15) is 4.90 Å². The third-order valence-corrected chi connectivity index (χ3v) is 6.49. The lowest BCUT2D eigenvalue weighted by atomic mass is 10.00. The molecular formula is C14H18Cl3FN2O4S. The summed E-state index contributed by atoms with van der Waals surface area (Å²) in [4.78, 5) is 10.2. The van der Waals surface area contributed by atoms with Crippen molar-refractivity contribution in [1.82, 2.24) is 9.62 Å². The van der Waals surface area contributed by atoms with E-state index in [4.69, 9.17) is 28.3 Å². The number of halogens is 4. The van der Waals surface area contributed by atoms with Crippen LogP contribution in [0.15, 0.2) is 17.0 Å². The summed E-state index contributed by atoms with van der Waals surface area (Å²) in [6.07, 6.45) is 1.41. The van der Waals surface area contributed by atoms with E-state index in [1.807, 2.05) is 0 Å². The van der Waals surface area contributed by atoms with E-state index in [-0.39, 0.29) is 41.3 Å². The van der Waals surface area contributed by atoms with Crippen molar-refractivity contribution in [1.29, 1.82) is 0 Å². The van der Waals surface area contributed by atoms with Crippen LogP contribution >= 0.6 is 35.6 Å².